The predicted molar refractivity (Wildman–Crippen MR) is 214 cm³/mol. The van der Waals surface area contributed by atoms with Crippen molar-refractivity contribution in [1.82, 2.24) is 0 Å². The molecule has 0 spiro atoms. The lowest BCUT2D eigenvalue weighted by atomic mass is 10.0. The van der Waals surface area contributed by atoms with Crippen LogP contribution in [0.25, 0.3) is 0 Å². The van der Waals surface area contributed by atoms with Crippen LogP contribution in [0.15, 0.2) is 0 Å². The molecule has 0 aromatic rings. The number of hydrogen-bond acceptors (Lipinski definition) is 7. The van der Waals surface area contributed by atoms with E-state index in [4.69, 9.17) is 9.47 Å². The number of carbonyl (C=O) groups is 2. The Kier molecular flexibility index (Phi) is 42.1. The van der Waals surface area contributed by atoms with E-state index in [-0.39, 0.29) is 11.9 Å². The van der Waals surface area contributed by atoms with Crippen LogP contribution in [-0.2, 0) is 19.1 Å². The first kappa shape index (κ1) is 47.0. The Hall–Kier alpha value is -0.0100. The Morgan fingerprint density at radius 2 is 0.553 bits per heavy atom. The third-order valence-electron chi connectivity index (χ3n) is 8.97. The molecule has 0 N–H and O–H groups in total. The zero-order valence-corrected chi connectivity index (χ0v) is 33.8. The van der Waals surface area contributed by atoms with E-state index >= 15 is 0 Å². The van der Waals surface area contributed by atoms with Gasteiger partial charge in [-0.25, -0.2) is 0 Å². The van der Waals surface area contributed by atoms with E-state index in [1.807, 2.05) is 0 Å². The molecule has 0 aromatic heterocycles. The van der Waals surface area contributed by atoms with Gasteiger partial charge in [0.25, 0.3) is 0 Å². The van der Waals surface area contributed by atoms with Gasteiger partial charge in [-0.05, 0) is 22.7 Å². The molecule has 0 saturated heterocycles. The molecule has 7 heteroatoms. The fraction of sp³-hybridized carbons (Fsp3) is 0.950. The Morgan fingerprint density at radius 3 is 0.787 bits per heavy atom. The minimum absolute atomic E-state index is 0.157. The first-order valence-electron chi connectivity index (χ1n) is 20.4. The SMILES string of the molecule is CCCCCCCCCCCCCCCCCCOC(=O)CSSSCC(=O)OCCCCCCCCCCCCCCCCCC. The van der Waals surface area contributed by atoms with Gasteiger partial charge >= 0.3 is 11.9 Å². The van der Waals surface area contributed by atoms with Crippen LogP contribution < -0.4 is 0 Å². The monoisotopic (exact) mass is 719 g/mol. The van der Waals surface area contributed by atoms with Crippen LogP contribution >= 0.6 is 31.4 Å². The van der Waals surface area contributed by atoms with Gasteiger partial charge in [0.2, 0.25) is 0 Å². The highest BCUT2D eigenvalue weighted by atomic mass is 33.5. The second kappa shape index (κ2) is 42.2. The summed E-state index contributed by atoms with van der Waals surface area (Å²) in [7, 11) is 4.35. The van der Waals surface area contributed by atoms with Gasteiger partial charge in [0.05, 0.1) is 13.2 Å². The zero-order valence-electron chi connectivity index (χ0n) is 31.3. The van der Waals surface area contributed by atoms with Crippen LogP contribution in [0.3, 0.4) is 0 Å². The fourth-order valence-electron chi connectivity index (χ4n) is 5.93. The van der Waals surface area contributed by atoms with Crippen molar-refractivity contribution >= 4 is 43.4 Å². The molecule has 0 bridgehead atoms. The first-order chi connectivity index (χ1) is 23.2. The third-order valence-corrected chi connectivity index (χ3v) is 12.9. The Bertz CT molecular complexity index is 583. The van der Waals surface area contributed by atoms with Gasteiger partial charge in [0.1, 0.15) is 11.5 Å². The smallest absolute Gasteiger partial charge is 0.316 e. The van der Waals surface area contributed by atoms with Crippen molar-refractivity contribution < 1.29 is 19.1 Å². The maximum Gasteiger partial charge on any atom is 0.316 e. The first-order valence-corrected chi connectivity index (χ1v) is 24.2. The van der Waals surface area contributed by atoms with Gasteiger partial charge in [-0.15, -0.1) is 0 Å². The Balaban J connectivity index is 3.24. The van der Waals surface area contributed by atoms with E-state index in [9.17, 15) is 9.59 Å². The number of carbonyl (C=O) groups excluding carboxylic acids is 2. The minimum Gasteiger partial charge on any atom is -0.465 e. The van der Waals surface area contributed by atoms with Crippen LogP contribution in [0.2, 0.25) is 0 Å². The highest BCUT2D eigenvalue weighted by Crippen LogP contribution is 2.34. The number of rotatable bonds is 40. The van der Waals surface area contributed by atoms with Gasteiger partial charge in [0, 0.05) is 0 Å². The molecule has 0 saturated carbocycles. The van der Waals surface area contributed by atoms with Crippen LogP contribution in [0.5, 0.6) is 0 Å². The van der Waals surface area contributed by atoms with Crippen molar-refractivity contribution in [3.05, 3.63) is 0 Å². The van der Waals surface area contributed by atoms with Crippen molar-refractivity contribution in [2.75, 3.05) is 24.7 Å². The summed E-state index contributed by atoms with van der Waals surface area (Å²) in [5.74, 6) is 0.334. The largest absolute Gasteiger partial charge is 0.465 e. The number of ether oxygens (including phenoxy) is 2. The molecule has 0 aliphatic heterocycles. The third kappa shape index (κ3) is 42.1. The van der Waals surface area contributed by atoms with Gasteiger partial charge in [0.15, 0.2) is 0 Å². The van der Waals surface area contributed by atoms with Crippen molar-refractivity contribution in [1.29, 1.82) is 0 Å². The van der Waals surface area contributed by atoms with E-state index < -0.39 is 0 Å². The summed E-state index contributed by atoms with van der Waals surface area (Å²) in [4.78, 5) is 23.9. The standard InChI is InChI=1S/C40H78O4S3/c1-3-5-7-9-11-13-15-17-19-21-23-25-27-29-31-33-35-43-39(41)37-45-47-46-38-40(42)44-36-34-32-30-28-26-24-22-20-18-16-14-12-10-8-6-4-2/h3-38H2,1-2H3. The summed E-state index contributed by atoms with van der Waals surface area (Å²) in [6.45, 7) is 5.62. The summed E-state index contributed by atoms with van der Waals surface area (Å²) in [5, 5.41) is 0. The second-order valence-electron chi connectivity index (χ2n) is 13.6. The molecule has 280 valence electrons. The Labute approximate surface area is 305 Å². The molecule has 0 fully saturated rings. The fourth-order valence-corrected chi connectivity index (χ4v) is 9.01. The molecule has 0 rings (SSSR count). The van der Waals surface area contributed by atoms with Gasteiger partial charge in [-0.1, -0.05) is 228 Å². The molecule has 0 heterocycles. The number of hydrogen-bond donors (Lipinski definition) is 0. The highest BCUT2D eigenvalue weighted by molar-refractivity contribution is 9.09. The number of unbranched alkanes of at least 4 members (excludes halogenated alkanes) is 30. The van der Waals surface area contributed by atoms with Crippen molar-refractivity contribution in [2.24, 2.45) is 0 Å². The maximum absolute atomic E-state index is 11.9. The molecule has 0 aliphatic carbocycles. The predicted octanol–water partition coefficient (Wildman–Crippen LogP) is 14.6. The van der Waals surface area contributed by atoms with E-state index in [1.54, 1.807) is 0 Å². The van der Waals surface area contributed by atoms with Crippen LogP contribution in [-0.4, -0.2) is 36.7 Å². The molecule has 0 unspecified atom stereocenters. The van der Waals surface area contributed by atoms with Crippen LogP contribution in [0.4, 0.5) is 0 Å². The van der Waals surface area contributed by atoms with E-state index in [0.29, 0.717) is 24.7 Å². The molecule has 4 nitrogen and oxygen atoms in total. The second-order valence-corrected chi connectivity index (χ2v) is 17.9. The Morgan fingerprint density at radius 1 is 0.340 bits per heavy atom. The quantitative estimate of drug-likeness (QED) is 0.0355. The van der Waals surface area contributed by atoms with E-state index in [0.717, 1.165) is 25.7 Å². The van der Waals surface area contributed by atoms with E-state index in [2.05, 4.69) is 13.8 Å². The summed E-state index contributed by atoms with van der Waals surface area (Å²) < 4.78 is 10.7. The average Bonchev–Trinajstić information content (AvgIpc) is 3.07. The topological polar surface area (TPSA) is 52.6 Å². The lowest BCUT2D eigenvalue weighted by Crippen LogP contribution is -2.08. The van der Waals surface area contributed by atoms with Gasteiger partial charge < -0.3 is 9.47 Å². The van der Waals surface area contributed by atoms with Crippen molar-refractivity contribution in [3.8, 4) is 0 Å². The van der Waals surface area contributed by atoms with Crippen LogP contribution in [0.1, 0.15) is 219 Å². The van der Waals surface area contributed by atoms with Gasteiger partial charge in [-0.3, -0.25) is 9.59 Å². The highest BCUT2D eigenvalue weighted by Gasteiger charge is 2.07. The summed E-state index contributed by atoms with van der Waals surface area (Å²) in [6, 6.07) is 0. The molecule has 47 heavy (non-hydrogen) atoms. The van der Waals surface area contributed by atoms with Crippen LogP contribution in [0, 0.1) is 0 Å². The molecule has 0 aliphatic rings. The summed E-state index contributed by atoms with van der Waals surface area (Å²) in [6.07, 6.45) is 43.0. The molecular weight excluding hydrogens is 641 g/mol. The minimum atomic E-state index is -0.157. The molecule has 0 aromatic carbocycles. The number of esters is 2. The summed E-state index contributed by atoms with van der Waals surface area (Å²) in [5.41, 5.74) is 0. The molecule has 0 amide bonds. The summed E-state index contributed by atoms with van der Waals surface area (Å²) >= 11 is 0. The average molecular weight is 719 g/mol. The zero-order chi connectivity index (χ0) is 34.1. The van der Waals surface area contributed by atoms with Crippen molar-refractivity contribution in [3.63, 3.8) is 0 Å². The lowest BCUT2D eigenvalue weighted by Gasteiger charge is -2.06. The normalized spacial score (nSPS) is 11.3. The molecule has 0 radical (unpaired) electrons. The lowest BCUT2D eigenvalue weighted by molar-refractivity contribution is -0.141. The van der Waals surface area contributed by atoms with Crippen molar-refractivity contribution in [2.45, 2.75) is 219 Å². The molecular formula is C40H78O4S3. The van der Waals surface area contributed by atoms with Gasteiger partial charge in [-0.2, -0.15) is 0 Å². The maximum atomic E-state index is 11.9. The molecule has 0 atom stereocenters. The van der Waals surface area contributed by atoms with E-state index in [1.165, 1.54) is 211 Å².